The molecule has 0 saturated heterocycles. The van der Waals surface area contributed by atoms with Gasteiger partial charge < -0.3 is 5.32 Å². The fraction of sp³-hybridized carbons (Fsp3) is 0.385. The van der Waals surface area contributed by atoms with E-state index in [1.807, 2.05) is 20.8 Å². The zero-order valence-electron chi connectivity index (χ0n) is 11.6. The van der Waals surface area contributed by atoms with Gasteiger partial charge in [0.25, 0.3) is 5.91 Å². The number of anilines is 1. The van der Waals surface area contributed by atoms with Crippen LogP contribution in [0.15, 0.2) is 23.1 Å². The van der Waals surface area contributed by atoms with E-state index in [-0.39, 0.29) is 11.8 Å². The summed E-state index contributed by atoms with van der Waals surface area (Å²) >= 11 is 3.33. The molecule has 2 aromatic heterocycles. The van der Waals surface area contributed by atoms with Crippen LogP contribution in [0.25, 0.3) is 0 Å². The molecule has 0 fully saturated rings. The Kier molecular flexibility index (Phi) is 4.49. The van der Waals surface area contributed by atoms with E-state index >= 15 is 0 Å². The van der Waals surface area contributed by atoms with Crippen LogP contribution in [0.2, 0.25) is 0 Å². The highest BCUT2D eigenvalue weighted by atomic mass is 79.9. The summed E-state index contributed by atoms with van der Waals surface area (Å²) in [6.07, 6.45) is 4.83. The Morgan fingerprint density at radius 2 is 2.00 bits per heavy atom. The molecule has 0 unspecified atom stereocenters. The number of aromatic nitrogens is 4. The molecule has 106 valence electrons. The third kappa shape index (κ3) is 3.04. The largest absolute Gasteiger partial charge is 0.318 e. The van der Waals surface area contributed by atoms with Gasteiger partial charge in [-0.3, -0.25) is 9.48 Å². The van der Waals surface area contributed by atoms with E-state index in [0.29, 0.717) is 22.4 Å². The Morgan fingerprint density at radius 3 is 2.55 bits per heavy atom. The predicted molar refractivity (Wildman–Crippen MR) is 79.7 cm³/mol. The van der Waals surface area contributed by atoms with E-state index in [0.717, 1.165) is 5.82 Å². The summed E-state index contributed by atoms with van der Waals surface area (Å²) in [5.74, 6) is 0.773. The highest BCUT2D eigenvalue weighted by molar-refractivity contribution is 9.10. The molecule has 2 aromatic rings. The molecular formula is C13H16BrN5O. The number of rotatable bonds is 4. The first-order chi connectivity index (χ1) is 9.52. The molecule has 20 heavy (non-hydrogen) atoms. The SMILES string of the molecule is CCn1ncc(Br)c1C(=O)Nc1cnc(C(C)C)nc1. The highest BCUT2D eigenvalue weighted by Crippen LogP contribution is 2.18. The zero-order chi connectivity index (χ0) is 14.7. The van der Waals surface area contributed by atoms with Gasteiger partial charge in [-0.25, -0.2) is 9.97 Å². The molecule has 0 bridgehead atoms. The van der Waals surface area contributed by atoms with E-state index in [2.05, 4.69) is 36.3 Å². The number of carbonyl (C=O) groups is 1. The van der Waals surface area contributed by atoms with Crippen molar-refractivity contribution in [2.75, 3.05) is 5.32 Å². The van der Waals surface area contributed by atoms with Crippen molar-refractivity contribution in [3.05, 3.63) is 34.6 Å². The minimum atomic E-state index is -0.239. The Balaban J connectivity index is 2.17. The van der Waals surface area contributed by atoms with Gasteiger partial charge in [-0.1, -0.05) is 13.8 Å². The van der Waals surface area contributed by atoms with Gasteiger partial charge in [0.15, 0.2) is 0 Å². The lowest BCUT2D eigenvalue weighted by Gasteiger charge is -2.08. The van der Waals surface area contributed by atoms with Gasteiger partial charge in [0.2, 0.25) is 0 Å². The molecule has 7 heteroatoms. The van der Waals surface area contributed by atoms with Gasteiger partial charge in [-0.15, -0.1) is 0 Å². The first-order valence-electron chi connectivity index (χ1n) is 6.37. The Bertz CT molecular complexity index is 606. The van der Waals surface area contributed by atoms with Crippen LogP contribution in [0.5, 0.6) is 0 Å². The van der Waals surface area contributed by atoms with Crippen molar-refractivity contribution >= 4 is 27.5 Å². The normalized spacial score (nSPS) is 10.8. The molecule has 6 nitrogen and oxygen atoms in total. The van der Waals surface area contributed by atoms with Crippen molar-refractivity contribution < 1.29 is 4.79 Å². The summed E-state index contributed by atoms with van der Waals surface area (Å²) in [6.45, 7) is 6.59. The summed E-state index contributed by atoms with van der Waals surface area (Å²) in [7, 11) is 0. The van der Waals surface area contributed by atoms with Crippen LogP contribution in [0, 0.1) is 0 Å². The van der Waals surface area contributed by atoms with Gasteiger partial charge in [-0.05, 0) is 22.9 Å². The van der Waals surface area contributed by atoms with Crippen molar-refractivity contribution in [2.24, 2.45) is 0 Å². The number of nitrogens with one attached hydrogen (secondary N) is 1. The average molecular weight is 338 g/mol. The molecule has 0 aliphatic rings. The molecule has 1 N–H and O–H groups in total. The second kappa shape index (κ2) is 6.13. The standard InChI is InChI=1S/C13H16BrN5O/c1-4-19-11(10(14)7-17-19)13(20)18-9-5-15-12(8(2)3)16-6-9/h5-8H,4H2,1-3H3,(H,18,20). The third-order valence-electron chi connectivity index (χ3n) is 2.76. The van der Waals surface area contributed by atoms with Crippen LogP contribution >= 0.6 is 15.9 Å². The van der Waals surface area contributed by atoms with E-state index in [1.165, 1.54) is 0 Å². The minimum Gasteiger partial charge on any atom is -0.318 e. The fourth-order valence-corrected chi connectivity index (χ4v) is 2.20. The van der Waals surface area contributed by atoms with Gasteiger partial charge in [0.1, 0.15) is 11.5 Å². The van der Waals surface area contributed by atoms with Crippen LogP contribution in [-0.4, -0.2) is 25.7 Å². The summed E-state index contributed by atoms with van der Waals surface area (Å²) < 4.78 is 2.29. The number of nitrogens with zero attached hydrogens (tertiary/aromatic N) is 4. The Morgan fingerprint density at radius 1 is 1.35 bits per heavy atom. The second-order valence-electron chi connectivity index (χ2n) is 4.60. The van der Waals surface area contributed by atoms with Gasteiger partial charge in [-0.2, -0.15) is 5.10 Å². The summed E-state index contributed by atoms with van der Waals surface area (Å²) in [5.41, 5.74) is 1.05. The fourth-order valence-electron chi connectivity index (χ4n) is 1.72. The summed E-state index contributed by atoms with van der Waals surface area (Å²) in [5, 5.41) is 6.88. The molecule has 0 spiro atoms. The Hall–Kier alpha value is -1.76. The average Bonchev–Trinajstić information content (AvgIpc) is 2.80. The topological polar surface area (TPSA) is 72.7 Å². The molecule has 0 aromatic carbocycles. The molecule has 0 aliphatic carbocycles. The maximum absolute atomic E-state index is 12.2. The first-order valence-corrected chi connectivity index (χ1v) is 7.16. The second-order valence-corrected chi connectivity index (χ2v) is 5.45. The molecule has 0 radical (unpaired) electrons. The van der Waals surface area contributed by atoms with E-state index in [4.69, 9.17) is 0 Å². The Labute approximate surface area is 125 Å². The molecule has 0 atom stereocenters. The number of hydrogen-bond donors (Lipinski definition) is 1. The number of carbonyl (C=O) groups excluding carboxylic acids is 1. The van der Waals surface area contributed by atoms with E-state index in [1.54, 1.807) is 23.3 Å². The lowest BCUT2D eigenvalue weighted by atomic mass is 10.2. The number of aryl methyl sites for hydroxylation is 1. The summed E-state index contributed by atoms with van der Waals surface area (Å²) in [4.78, 5) is 20.7. The van der Waals surface area contributed by atoms with E-state index in [9.17, 15) is 4.79 Å². The van der Waals surface area contributed by atoms with Gasteiger partial charge in [0.05, 0.1) is 28.8 Å². The third-order valence-corrected chi connectivity index (χ3v) is 3.34. The first kappa shape index (κ1) is 14.6. The maximum atomic E-state index is 12.2. The number of amides is 1. The molecule has 0 saturated carbocycles. The quantitative estimate of drug-likeness (QED) is 0.930. The maximum Gasteiger partial charge on any atom is 0.275 e. The summed E-state index contributed by atoms with van der Waals surface area (Å²) in [6, 6.07) is 0. The molecule has 0 aliphatic heterocycles. The zero-order valence-corrected chi connectivity index (χ0v) is 13.2. The lowest BCUT2D eigenvalue weighted by Crippen LogP contribution is -2.18. The highest BCUT2D eigenvalue weighted by Gasteiger charge is 2.16. The minimum absolute atomic E-state index is 0.239. The smallest absolute Gasteiger partial charge is 0.275 e. The van der Waals surface area contributed by atoms with Crippen molar-refractivity contribution in [2.45, 2.75) is 33.2 Å². The molecule has 2 rings (SSSR count). The lowest BCUT2D eigenvalue weighted by molar-refractivity contribution is 0.101. The van der Waals surface area contributed by atoms with Crippen molar-refractivity contribution in [3.63, 3.8) is 0 Å². The molecule has 2 heterocycles. The van der Waals surface area contributed by atoms with Crippen LogP contribution in [0.3, 0.4) is 0 Å². The van der Waals surface area contributed by atoms with Gasteiger partial charge >= 0.3 is 0 Å². The van der Waals surface area contributed by atoms with E-state index < -0.39 is 0 Å². The van der Waals surface area contributed by atoms with Gasteiger partial charge in [0, 0.05) is 12.5 Å². The number of hydrogen-bond acceptors (Lipinski definition) is 4. The van der Waals surface area contributed by atoms with Crippen LogP contribution in [-0.2, 0) is 6.54 Å². The predicted octanol–water partition coefficient (Wildman–Crippen LogP) is 2.83. The molecular weight excluding hydrogens is 322 g/mol. The van der Waals surface area contributed by atoms with Crippen molar-refractivity contribution in [1.82, 2.24) is 19.7 Å². The van der Waals surface area contributed by atoms with Crippen molar-refractivity contribution in [3.8, 4) is 0 Å². The number of halogens is 1. The van der Waals surface area contributed by atoms with Crippen LogP contribution in [0.4, 0.5) is 5.69 Å². The van der Waals surface area contributed by atoms with Crippen LogP contribution in [0.1, 0.15) is 43.0 Å². The van der Waals surface area contributed by atoms with Crippen LogP contribution < -0.4 is 5.32 Å². The monoisotopic (exact) mass is 337 g/mol. The van der Waals surface area contributed by atoms with Crippen molar-refractivity contribution in [1.29, 1.82) is 0 Å². The molecule has 1 amide bonds.